The molecule has 2 aromatic carbocycles. The molecule has 1 atom stereocenters. The molecule has 3 aromatic rings. The van der Waals surface area contributed by atoms with E-state index in [-0.39, 0.29) is 6.04 Å². The van der Waals surface area contributed by atoms with Gasteiger partial charge in [-0.2, -0.15) is 0 Å². The van der Waals surface area contributed by atoms with E-state index in [9.17, 15) is 0 Å². The van der Waals surface area contributed by atoms with Crippen LogP contribution < -0.4 is 10.5 Å². The van der Waals surface area contributed by atoms with E-state index >= 15 is 0 Å². The largest absolute Gasteiger partial charge is 0.497 e. The average Bonchev–Trinajstić information content (AvgIpc) is 2.98. The summed E-state index contributed by atoms with van der Waals surface area (Å²) in [4.78, 5) is 4.56. The Kier molecular flexibility index (Phi) is 4.67. The molecule has 4 heteroatoms. The first kappa shape index (κ1) is 16.3. The van der Waals surface area contributed by atoms with E-state index in [1.807, 2.05) is 37.5 Å². The van der Waals surface area contributed by atoms with E-state index in [0.29, 0.717) is 0 Å². The van der Waals surface area contributed by atoms with Crippen molar-refractivity contribution in [3.05, 3.63) is 71.7 Å². The highest BCUT2D eigenvalue weighted by molar-refractivity contribution is 5.59. The lowest BCUT2D eigenvalue weighted by Gasteiger charge is -2.13. The Labute approximate surface area is 142 Å². The second-order valence-electron chi connectivity index (χ2n) is 6.09. The monoisotopic (exact) mass is 321 g/mol. The van der Waals surface area contributed by atoms with E-state index in [1.165, 1.54) is 11.1 Å². The second kappa shape index (κ2) is 6.89. The van der Waals surface area contributed by atoms with Crippen LogP contribution in [0, 0.1) is 6.92 Å². The normalized spacial score (nSPS) is 12.2. The number of ether oxygens (including phenoxy) is 1. The number of hydrogen-bond acceptors (Lipinski definition) is 3. The molecule has 0 aliphatic carbocycles. The molecule has 1 heterocycles. The number of nitrogens with zero attached hydrogens (tertiary/aromatic N) is 2. The molecule has 0 aliphatic heterocycles. The smallest absolute Gasteiger partial charge is 0.126 e. The van der Waals surface area contributed by atoms with Gasteiger partial charge in [0.25, 0.3) is 0 Å². The second-order valence-corrected chi connectivity index (χ2v) is 6.09. The van der Waals surface area contributed by atoms with Crippen molar-refractivity contribution in [3.8, 4) is 17.0 Å². The van der Waals surface area contributed by atoms with Crippen molar-refractivity contribution >= 4 is 0 Å². The van der Waals surface area contributed by atoms with Gasteiger partial charge in [0.15, 0.2) is 0 Å². The van der Waals surface area contributed by atoms with Crippen molar-refractivity contribution in [2.75, 3.05) is 7.11 Å². The summed E-state index contributed by atoms with van der Waals surface area (Å²) in [6, 6.07) is 16.3. The van der Waals surface area contributed by atoms with E-state index in [2.05, 4.69) is 40.7 Å². The summed E-state index contributed by atoms with van der Waals surface area (Å²) in [6.07, 6.45) is 2.63. The van der Waals surface area contributed by atoms with Gasteiger partial charge in [-0.25, -0.2) is 4.98 Å². The van der Waals surface area contributed by atoms with Gasteiger partial charge in [-0.05, 0) is 36.6 Å². The summed E-state index contributed by atoms with van der Waals surface area (Å²) in [5, 5.41) is 0. The van der Waals surface area contributed by atoms with Crippen molar-refractivity contribution in [2.45, 2.75) is 19.4 Å². The first-order valence-electron chi connectivity index (χ1n) is 8.05. The highest BCUT2D eigenvalue weighted by Gasteiger charge is 2.15. The van der Waals surface area contributed by atoms with Crippen LogP contribution in [0.25, 0.3) is 11.3 Å². The topological polar surface area (TPSA) is 53.1 Å². The molecule has 0 saturated carbocycles. The molecule has 0 aliphatic rings. The number of methoxy groups -OCH3 is 1. The molecule has 1 aromatic heterocycles. The molecular formula is C20H23N3O. The van der Waals surface area contributed by atoms with Gasteiger partial charge < -0.3 is 15.0 Å². The van der Waals surface area contributed by atoms with Crippen molar-refractivity contribution < 1.29 is 4.74 Å². The molecule has 24 heavy (non-hydrogen) atoms. The zero-order valence-corrected chi connectivity index (χ0v) is 14.4. The first-order chi connectivity index (χ1) is 11.6. The molecule has 0 amide bonds. The Bertz CT molecular complexity index is 804. The number of benzene rings is 2. The number of aryl methyl sites for hydroxylation is 1. The molecule has 0 radical (unpaired) electrons. The third-order valence-corrected chi connectivity index (χ3v) is 4.32. The minimum Gasteiger partial charge on any atom is -0.497 e. The van der Waals surface area contributed by atoms with Crippen molar-refractivity contribution in [2.24, 2.45) is 12.8 Å². The number of rotatable bonds is 5. The Morgan fingerprint density at radius 1 is 1.08 bits per heavy atom. The van der Waals surface area contributed by atoms with Gasteiger partial charge >= 0.3 is 0 Å². The Morgan fingerprint density at radius 2 is 1.75 bits per heavy atom. The first-order valence-corrected chi connectivity index (χ1v) is 8.05. The fourth-order valence-electron chi connectivity index (χ4n) is 2.87. The van der Waals surface area contributed by atoms with E-state index in [4.69, 9.17) is 10.5 Å². The number of nitrogens with two attached hydrogens (primary N) is 1. The molecule has 0 bridgehead atoms. The average molecular weight is 321 g/mol. The summed E-state index contributed by atoms with van der Waals surface area (Å²) in [5.41, 5.74) is 11.0. The van der Waals surface area contributed by atoms with Crippen LogP contribution in [0.2, 0.25) is 0 Å². The molecule has 0 unspecified atom stereocenters. The zero-order valence-electron chi connectivity index (χ0n) is 14.4. The molecular weight excluding hydrogens is 298 g/mol. The van der Waals surface area contributed by atoms with Crippen LogP contribution >= 0.6 is 0 Å². The van der Waals surface area contributed by atoms with E-state index in [0.717, 1.165) is 29.3 Å². The van der Waals surface area contributed by atoms with Gasteiger partial charge in [0.2, 0.25) is 0 Å². The molecule has 2 N–H and O–H groups in total. The van der Waals surface area contributed by atoms with E-state index < -0.39 is 0 Å². The third-order valence-electron chi connectivity index (χ3n) is 4.32. The lowest BCUT2D eigenvalue weighted by atomic mass is 10.1. The number of imidazole rings is 1. The van der Waals surface area contributed by atoms with Gasteiger partial charge in [0.05, 0.1) is 25.0 Å². The predicted molar refractivity (Wildman–Crippen MR) is 97.0 cm³/mol. The van der Waals surface area contributed by atoms with Gasteiger partial charge in [0, 0.05) is 7.05 Å². The van der Waals surface area contributed by atoms with Crippen LogP contribution in [-0.4, -0.2) is 16.7 Å². The van der Waals surface area contributed by atoms with Crippen molar-refractivity contribution in [3.63, 3.8) is 0 Å². The van der Waals surface area contributed by atoms with Crippen LogP contribution in [0.4, 0.5) is 0 Å². The minimum absolute atomic E-state index is 0.150. The Morgan fingerprint density at radius 3 is 2.38 bits per heavy atom. The Hall–Kier alpha value is -2.59. The van der Waals surface area contributed by atoms with Crippen molar-refractivity contribution in [1.82, 2.24) is 9.55 Å². The summed E-state index contributed by atoms with van der Waals surface area (Å²) in [6.45, 7) is 2.09. The molecule has 3 rings (SSSR count). The molecule has 0 spiro atoms. The fourth-order valence-corrected chi connectivity index (χ4v) is 2.87. The lowest BCUT2D eigenvalue weighted by molar-refractivity contribution is 0.414. The molecule has 124 valence electrons. The van der Waals surface area contributed by atoms with Crippen LogP contribution in [0.15, 0.2) is 54.7 Å². The summed E-state index contributed by atoms with van der Waals surface area (Å²) < 4.78 is 7.27. The van der Waals surface area contributed by atoms with Gasteiger partial charge in [-0.1, -0.05) is 42.0 Å². The molecule has 4 nitrogen and oxygen atoms in total. The van der Waals surface area contributed by atoms with Crippen molar-refractivity contribution in [1.29, 1.82) is 0 Å². The zero-order chi connectivity index (χ0) is 17.1. The standard InChI is InChI=1S/C20H23N3O/c1-14-4-8-16(9-5-14)19-13-22-20(23(19)2)18(21)12-15-6-10-17(24-3)11-7-15/h4-11,13,18H,12,21H2,1-3H3/t18-/m0/s1. The van der Waals surface area contributed by atoms with E-state index in [1.54, 1.807) is 7.11 Å². The van der Waals surface area contributed by atoms with Gasteiger partial charge in [-0.15, -0.1) is 0 Å². The SMILES string of the molecule is COc1ccc(C[C@H](N)c2ncc(-c3ccc(C)cc3)n2C)cc1. The highest BCUT2D eigenvalue weighted by atomic mass is 16.5. The van der Waals surface area contributed by atoms with Gasteiger partial charge in [-0.3, -0.25) is 0 Å². The number of hydrogen-bond donors (Lipinski definition) is 1. The van der Waals surface area contributed by atoms with Crippen LogP contribution in [0.5, 0.6) is 5.75 Å². The van der Waals surface area contributed by atoms with Crippen LogP contribution in [-0.2, 0) is 13.5 Å². The minimum atomic E-state index is -0.150. The van der Waals surface area contributed by atoms with Gasteiger partial charge in [0.1, 0.15) is 11.6 Å². The number of aromatic nitrogens is 2. The summed E-state index contributed by atoms with van der Waals surface area (Å²) in [7, 11) is 3.69. The maximum Gasteiger partial charge on any atom is 0.126 e. The van der Waals surface area contributed by atoms with Crippen LogP contribution in [0.3, 0.4) is 0 Å². The molecule has 0 saturated heterocycles. The molecule has 0 fully saturated rings. The maximum atomic E-state index is 6.40. The predicted octanol–water partition coefficient (Wildman–Crippen LogP) is 3.65. The summed E-state index contributed by atoms with van der Waals surface area (Å²) in [5.74, 6) is 1.74. The third kappa shape index (κ3) is 3.34. The maximum absolute atomic E-state index is 6.40. The quantitative estimate of drug-likeness (QED) is 0.780. The Balaban J connectivity index is 1.80. The lowest BCUT2D eigenvalue weighted by Crippen LogP contribution is -2.18. The fraction of sp³-hybridized carbons (Fsp3) is 0.250. The van der Waals surface area contributed by atoms with Crippen LogP contribution in [0.1, 0.15) is 23.0 Å². The summed E-state index contributed by atoms with van der Waals surface area (Å²) >= 11 is 0. The highest BCUT2D eigenvalue weighted by Crippen LogP contribution is 2.24.